The van der Waals surface area contributed by atoms with E-state index in [0.717, 1.165) is 55.7 Å². The van der Waals surface area contributed by atoms with Gasteiger partial charge in [0.25, 0.3) is 5.91 Å². The minimum absolute atomic E-state index is 0.145. The summed E-state index contributed by atoms with van der Waals surface area (Å²) < 4.78 is 40.6. The summed E-state index contributed by atoms with van der Waals surface area (Å²) in [6.07, 6.45) is 11.6. The lowest BCUT2D eigenvalue weighted by Crippen LogP contribution is -2.49. The van der Waals surface area contributed by atoms with Crippen molar-refractivity contribution in [1.29, 1.82) is 0 Å². The second kappa shape index (κ2) is 15.1. The molecule has 1 aliphatic heterocycles. The van der Waals surface area contributed by atoms with Crippen molar-refractivity contribution in [2.24, 2.45) is 11.8 Å². The van der Waals surface area contributed by atoms with Gasteiger partial charge in [0.15, 0.2) is 0 Å². The Morgan fingerprint density at radius 3 is 2.79 bits per heavy atom. The number of hydrogen-bond donors (Lipinski definition) is 2. The second-order valence-corrected chi connectivity index (χ2v) is 15.9. The molecular formula is C37H49ClN2O6S. The van der Waals surface area contributed by atoms with Crippen molar-refractivity contribution in [3.63, 3.8) is 0 Å². The summed E-state index contributed by atoms with van der Waals surface area (Å²) in [6, 6.07) is 11.3. The van der Waals surface area contributed by atoms with E-state index < -0.39 is 33.4 Å². The first-order valence-corrected chi connectivity index (χ1v) is 18.8. The number of amides is 1. The van der Waals surface area contributed by atoms with Crippen molar-refractivity contribution < 1.29 is 27.8 Å². The molecule has 0 radical (unpaired) electrons. The quantitative estimate of drug-likeness (QED) is 0.229. The van der Waals surface area contributed by atoms with Crippen LogP contribution < -0.4 is 14.4 Å². The van der Waals surface area contributed by atoms with E-state index >= 15 is 0 Å². The van der Waals surface area contributed by atoms with Crippen LogP contribution in [0, 0.1) is 11.8 Å². The van der Waals surface area contributed by atoms with Gasteiger partial charge in [0.05, 0.1) is 24.5 Å². The molecule has 3 aliphatic rings. The maximum atomic E-state index is 13.5. The van der Waals surface area contributed by atoms with Crippen LogP contribution in [-0.4, -0.2) is 63.7 Å². The predicted octanol–water partition coefficient (Wildman–Crippen LogP) is 6.60. The van der Waals surface area contributed by atoms with E-state index in [2.05, 4.69) is 41.3 Å². The molecule has 0 aromatic heterocycles. The van der Waals surface area contributed by atoms with Gasteiger partial charge >= 0.3 is 0 Å². The van der Waals surface area contributed by atoms with Gasteiger partial charge in [-0.25, -0.2) is 13.1 Å². The number of benzene rings is 2. The smallest absolute Gasteiger partial charge is 0.264 e. The fourth-order valence-corrected chi connectivity index (χ4v) is 8.86. The minimum Gasteiger partial charge on any atom is -0.490 e. The van der Waals surface area contributed by atoms with Gasteiger partial charge in [-0.3, -0.25) is 4.79 Å². The van der Waals surface area contributed by atoms with Gasteiger partial charge in [0.1, 0.15) is 11.0 Å². The van der Waals surface area contributed by atoms with E-state index in [1.807, 2.05) is 12.1 Å². The van der Waals surface area contributed by atoms with Crippen molar-refractivity contribution in [1.82, 2.24) is 4.72 Å². The third kappa shape index (κ3) is 7.74. The number of halogens is 1. The number of aryl methyl sites for hydroxylation is 1. The summed E-state index contributed by atoms with van der Waals surface area (Å²) in [5.74, 6) is 0.344. The van der Waals surface area contributed by atoms with E-state index in [1.54, 1.807) is 24.3 Å². The lowest BCUT2D eigenvalue weighted by atomic mass is 9.68. The molecule has 0 unspecified atom stereocenters. The van der Waals surface area contributed by atoms with Crippen molar-refractivity contribution >= 4 is 33.2 Å². The molecule has 2 aromatic rings. The number of anilines is 1. The van der Waals surface area contributed by atoms with Gasteiger partial charge in [0.2, 0.25) is 10.0 Å². The number of carbonyl (C=O) groups is 1. The standard InChI is InChI=1S/C37H49ClN2O6S/c1-5-7-8-12-33(41)30-16-13-28(30)22-40-23-37(19-9-11-26-20-29(38)15-17-31(26)37)24-46-35-18-14-27(21-32(35)40)36(42)39-47(43,44)25(3)34(45-4)10-6-2/h6,8,12,14-15,17-18,20-21,25,28,30,33-34,41H,2,5,7,9-11,13,16,19,22-24H2,1,3-4H3,(H,39,42)/b12-8+/t25-,28+,30-,33+,34+,37+/m1/s1. The first kappa shape index (κ1) is 35.5. The number of nitrogens with one attached hydrogen (secondary N) is 1. The molecule has 2 N–H and O–H groups in total. The highest BCUT2D eigenvalue weighted by molar-refractivity contribution is 7.90. The Kier molecular flexibility index (Phi) is 11.4. The van der Waals surface area contributed by atoms with Crippen LogP contribution in [0.1, 0.15) is 80.3 Å². The van der Waals surface area contributed by atoms with Gasteiger partial charge in [-0.05, 0) is 105 Å². The van der Waals surface area contributed by atoms with Crippen molar-refractivity contribution in [2.45, 2.75) is 88.1 Å². The van der Waals surface area contributed by atoms with Crippen molar-refractivity contribution in [3.05, 3.63) is 82.9 Å². The summed E-state index contributed by atoms with van der Waals surface area (Å²) in [4.78, 5) is 15.8. The number of allylic oxidation sites excluding steroid dienone is 1. The number of unbranched alkanes of at least 4 members (excludes halogenated alkanes) is 1. The highest BCUT2D eigenvalue weighted by Crippen LogP contribution is 2.46. The van der Waals surface area contributed by atoms with E-state index in [-0.39, 0.29) is 22.8 Å². The molecule has 1 amide bonds. The minimum atomic E-state index is -4.05. The molecule has 2 aromatic carbocycles. The molecule has 5 rings (SSSR count). The largest absolute Gasteiger partial charge is 0.490 e. The predicted molar refractivity (Wildman–Crippen MR) is 188 cm³/mol. The Morgan fingerprint density at radius 1 is 1.28 bits per heavy atom. The van der Waals surface area contributed by atoms with E-state index in [0.29, 0.717) is 31.9 Å². The van der Waals surface area contributed by atoms with Crippen LogP contribution >= 0.6 is 11.6 Å². The number of fused-ring (bicyclic) bond motifs is 3. The fraction of sp³-hybridized carbons (Fsp3) is 0.541. The first-order valence-electron chi connectivity index (χ1n) is 16.9. The Labute approximate surface area is 285 Å². The van der Waals surface area contributed by atoms with E-state index in [9.17, 15) is 18.3 Å². The monoisotopic (exact) mass is 684 g/mol. The number of carbonyl (C=O) groups excluding carboxylic acids is 1. The number of methoxy groups -OCH3 is 1. The molecule has 1 heterocycles. The number of ether oxygens (including phenoxy) is 2. The van der Waals surface area contributed by atoms with Crippen molar-refractivity contribution in [3.8, 4) is 5.75 Å². The fourth-order valence-electron chi connectivity index (χ4n) is 7.48. The second-order valence-electron chi connectivity index (χ2n) is 13.5. The first-order chi connectivity index (χ1) is 22.5. The Balaban J connectivity index is 1.47. The number of sulfonamides is 1. The topological polar surface area (TPSA) is 105 Å². The maximum absolute atomic E-state index is 13.5. The molecule has 256 valence electrons. The number of rotatable bonds is 13. The molecule has 0 bridgehead atoms. The summed E-state index contributed by atoms with van der Waals surface area (Å²) in [7, 11) is -2.60. The zero-order valence-electron chi connectivity index (χ0n) is 27.8. The van der Waals surface area contributed by atoms with E-state index in [4.69, 9.17) is 21.1 Å². The number of nitrogens with zero attached hydrogens (tertiary/aromatic N) is 1. The number of aliphatic hydroxyl groups excluding tert-OH is 1. The molecule has 10 heteroatoms. The molecule has 6 atom stereocenters. The van der Waals surface area contributed by atoms with Crippen LogP contribution in [0.3, 0.4) is 0 Å². The van der Waals surface area contributed by atoms with Gasteiger partial charge in [-0.2, -0.15) is 0 Å². The average Bonchev–Trinajstić information content (AvgIpc) is 3.18. The number of hydrogen-bond acceptors (Lipinski definition) is 7. The zero-order chi connectivity index (χ0) is 33.8. The van der Waals surface area contributed by atoms with Gasteiger partial charge in [-0.1, -0.05) is 49.2 Å². The third-order valence-electron chi connectivity index (χ3n) is 10.4. The Bertz CT molecular complexity index is 1580. The van der Waals surface area contributed by atoms with Gasteiger partial charge in [0, 0.05) is 36.2 Å². The van der Waals surface area contributed by atoms with Crippen LogP contribution in [0.25, 0.3) is 0 Å². The summed E-state index contributed by atoms with van der Waals surface area (Å²) in [5.41, 5.74) is 3.16. The summed E-state index contributed by atoms with van der Waals surface area (Å²) in [6.45, 7) is 9.15. The highest BCUT2D eigenvalue weighted by Gasteiger charge is 2.44. The average molecular weight is 685 g/mol. The number of aliphatic hydroxyl groups is 1. The Morgan fingerprint density at radius 2 is 2.09 bits per heavy atom. The molecule has 1 fully saturated rings. The zero-order valence-corrected chi connectivity index (χ0v) is 29.4. The van der Waals surface area contributed by atoms with Crippen LogP contribution in [0.15, 0.2) is 61.2 Å². The maximum Gasteiger partial charge on any atom is 0.264 e. The van der Waals surface area contributed by atoms with Crippen LogP contribution in [0.5, 0.6) is 5.75 Å². The Hall–Kier alpha value is -2.85. The van der Waals surface area contributed by atoms with Crippen LogP contribution in [0.2, 0.25) is 5.02 Å². The van der Waals surface area contributed by atoms with Crippen LogP contribution in [-0.2, 0) is 26.6 Å². The SMILES string of the molecule is C=CC[C@H](OC)[C@@H](C)S(=O)(=O)NC(=O)c1ccc2c(c1)N(C[C@@H]1CC[C@H]1[C@@H](O)/C=C/CCC)C[C@@]1(CCCc3cc(Cl)ccc31)CO2. The molecule has 1 spiro atoms. The molecular weight excluding hydrogens is 636 g/mol. The van der Waals surface area contributed by atoms with Gasteiger partial charge in [-0.15, -0.1) is 6.58 Å². The van der Waals surface area contributed by atoms with E-state index in [1.165, 1.54) is 25.2 Å². The van der Waals surface area contributed by atoms with Gasteiger partial charge < -0.3 is 19.5 Å². The van der Waals surface area contributed by atoms with Crippen LogP contribution in [0.4, 0.5) is 5.69 Å². The third-order valence-corrected chi connectivity index (χ3v) is 12.4. The molecule has 2 aliphatic carbocycles. The molecule has 1 saturated carbocycles. The molecule has 8 nitrogen and oxygen atoms in total. The summed E-state index contributed by atoms with van der Waals surface area (Å²) in [5, 5.41) is 10.8. The summed E-state index contributed by atoms with van der Waals surface area (Å²) >= 11 is 6.41. The molecule has 47 heavy (non-hydrogen) atoms. The lowest BCUT2D eigenvalue weighted by molar-refractivity contribution is 0.0456. The lowest BCUT2D eigenvalue weighted by Gasteiger charge is -2.45. The highest BCUT2D eigenvalue weighted by atomic mass is 35.5. The molecule has 0 saturated heterocycles. The van der Waals surface area contributed by atoms with Crippen molar-refractivity contribution in [2.75, 3.05) is 31.7 Å². The normalized spacial score (nSPS) is 24.3.